The molecule has 3 aliphatic rings. The molecule has 222 valence electrons. The maximum Gasteiger partial charge on any atom is 0.231 e. The molecule has 1 amide bonds. The van der Waals surface area contributed by atoms with Gasteiger partial charge in [0, 0.05) is 45.0 Å². The lowest BCUT2D eigenvalue weighted by Gasteiger charge is -2.33. The van der Waals surface area contributed by atoms with Gasteiger partial charge in [-0.15, -0.1) is 0 Å². The van der Waals surface area contributed by atoms with E-state index in [1.165, 1.54) is 11.1 Å². The molecule has 1 N–H and O–H groups in total. The topological polar surface area (TPSA) is 63.3 Å². The lowest BCUT2D eigenvalue weighted by Crippen LogP contribution is -2.41. The van der Waals surface area contributed by atoms with Gasteiger partial charge >= 0.3 is 0 Å². The predicted octanol–water partition coefficient (Wildman–Crippen LogP) is 5.11. The summed E-state index contributed by atoms with van der Waals surface area (Å²) >= 11 is 0. The molecule has 0 unspecified atom stereocenters. The van der Waals surface area contributed by atoms with E-state index in [1.807, 2.05) is 11.0 Å². The molecule has 6 rings (SSSR count). The van der Waals surface area contributed by atoms with Crippen molar-refractivity contribution in [1.82, 2.24) is 5.32 Å². The Morgan fingerprint density at radius 3 is 2.76 bits per heavy atom. The Labute approximate surface area is 249 Å². The van der Waals surface area contributed by atoms with Crippen molar-refractivity contribution < 1.29 is 19.0 Å². The van der Waals surface area contributed by atoms with Gasteiger partial charge in [-0.3, -0.25) is 4.79 Å². The number of carbonyl (C=O) groups excluding carboxylic acids is 1. The third kappa shape index (κ3) is 6.64. The molecule has 0 spiro atoms. The molecule has 3 heterocycles. The number of nitrogens with zero attached hydrogens (tertiary/aromatic N) is 2. The number of anilines is 2. The molecule has 0 aromatic heterocycles. The second-order valence-corrected chi connectivity index (χ2v) is 11.6. The molecule has 42 heavy (non-hydrogen) atoms. The number of fused-ring (bicyclic) bond motifs is 2. The molecular weight excluding hydrogens is 526 g/mol. The Bertz CT molecular complexity index is 1340. The molecule has 0 aliphatic carbocycles. The van der Waals surface area contributed by atoms with Crippen LogP contribution in [-0.2, 0) is 33.7 Å². The van der Waals surface area contributed by atoms with Crippen molar-refractivity contribution >= 4 is 17.3 Å². The first-order valence-corrected chi connectivity index (χ1v) is 15.5. The van der Waals surface area contributed by atoms with Crippen molar-refractivity contribution in [2.24, 2.45) is 0 Å². The highest BCUT2D eigenvalue weighted by atomic mass is 16.5. The average Bonchev–Trinajstić information content (AvgIpc) is 3.04. The average molecular weight is 570 g/mol. The summed E-state index contributed by atoms with van der Waals surface area (Å²) in [5.74, 6) is 1.44. The molecule has 1 fully saturated rings. The molecule has 1 saturated heterocycles. The fraction of sp³-hybridized carbons (Fsp3) is 0.457. The number of hydrogen-bond donors (Lipinski definition) is 1. The maximum absolute atomic E-state index is 13.2. The minimum absolute atomic E-state index is 0.0844. The van der Waals surface area contributed by atoms with Crippen molar-refractivity contribution in [2.75, 3.05) is 62.8 Å². The van der Waals surface area contributed by atoms with E-state index >= 15 is 0 Å². The molecule has 3 aromatic carbocycles. The number of ether oxygens (including phenoxy) is 3. The number of para-hydroxylation sites is 1. The SMILES string of the molecule is COCCCN1CCOc2ccc(CO[C@H]3CNCC[C@@H]3c3ccc(CC(=O)N4CCCc5ccccc54)cc3)cc21. The van der Waals surface area contributed by atoms with Gasteiger partial charge in [0.2, 0.25) is 5.91 Å². The second-order valence-electron chi connectivity index (χ2n) is 11.6. The van der Waals surface area contributed by atoms with Crippen LogP contribution < -0.4 is 19.9 Å². The van der Waals surface area contributed by atoms with E-state index in [4.69, 9.17) is 14.2 Å². The number of amides is 1. The first-order valence-electron chi connectivity index (χ1n) is 15.5. The summed E-state index contributed by atoms with van der Waals surface area (Å²) in [6.07, 6.45) is 4.59. The summed E-state index contributed by atoms with van der Waals surface area (Å²) < 4.78 is 17.7. The monoisotopic (exact) mass is 569 g/mol. The molecule has 7 nitrogen and oxygen atoms in total. The summed E-state index contributed by atoms with van der Waals surface area (Å²) in [7, 11) is 1.75. The number of methoxy groups -OCH3 is 1. The van der Waals surface area contributed by atoms with Crippen LogP contribution in [0.1, 0.15) is 47.4 Å². The smallest absolute Gasteiger partial charge is 0.231 e. The first-order chi connectivity index (χ1) is 20.7. The molecular formula is C35H43N3O4. The van der Waals surface area contributed by atoms with Gasteiger partial charge in [0.25, 0.3) is 0 Å². The highest BCUT2D eigenvalue weighted by Gasteiger charge is 2.28. The van der Waals surface area contributed by atoms with Gasteiger partial charge in [-0.1, -0.05) is 48.5 Å². The van der Waals surface area contributed by atoms with E-state index in [-0.39, 0.29) is 12.0 Å². The summed E-state index contributed by atoms with van der Waals surface area (Å²) in [4.78, 5) is 17.6. The van der Waals surface area contributed by atoms with Gasteiger partial charge in [-0.05, 0) is 72.7 Å². The fourth-order valence-electron chi connectivity index (χ4n) is 6.58. The normalized spacial score (nSPS) is 20.0. The van der Waals surface area contributed by atoms with Crippen LogP contribution in [-0.4, -0.2) is 65.1 Å². The molecule has 7 heteroatoms. The Morgan fingerprint density at radius 2 is 1.88 bits per heavy atom. The molecule has 0 bridgehead atoms. The molecule has 3 aliphatic heterocycles. The fourth-order valence-corrected chi connectivity index (χ4v) is 6.58. The van der Waals surface area contributed by atoms with Crippen LogP contribution in [0, 0.1) is 0 Å². The second kappa shape index (κ2) is 13.7. The number of carbonyl (C=O) groups is 1. The molecule has 2 atom stereocenters. The number of benzene rings is 3. The van der Waals surface area contributed by atoms with Gasteiger partial charge in [0.1, 0.15) is 12.4 Å². The molecule has 0 radical (unpaired) electrons. The van der Waals surface area contributed by atoms with Crippen LogP contribution in [0.5, 0.6) is 5.75 Å². The number of nitrogens with one attached hydrogen (secondary N) is 1. The van der Waals surface area contributed by atoms with Crippen molar-refractivity contribution in [1.29, 1.82) is 0 Å². The summed E-state index contributed by atoms with van der Waals surface area (Å²) in [6.45, 7) is 6.48. The van der Waals surface area contributed by atoms with E-state index < -0.39 is 0 Å². The van der Waals surface area contributed by atoms with E-state index in [0.29, 0.717) is 25.6 Å². The number of rotatable bonds is 10. The minimum atomic E-state index is 0.0844. The zero-order valence-electron chi connectivity index (χ0n) is 24.7. The lowest BCUT2D eigenvalue weighted by atomic mass is 9.87. The van der Waals surface area contributed by atoms with E-state index in [2.05, 4.69) is 70.9 Å². The van der Waals surface area contributed by atoms with Crippen LogP contribution >= 0.6 is 0 Å². The van der Waals surface area contributed by atoms with Crippen molar-refractivity contribution in [3.8, 4) is 5.75 Å². The van der Waals surface area contributed by atoms with Crippen molar-refractivity contribution in [2.45, 2.75) is 50.7 Å². The largest absolute Gasteiger partial charge is 0.490 e. The Kier molecular flexibility index (Phi) is 9.38. The van der Waals surface area contributed by atoms with Gasteiger partial charge in [0.15, 0.2) is 0 Å². The number of piperidine rings is 1. The predicted molar refractivity (Wildman–Crippen MR) is 167 cm³/mol. The van der Waals surface area contributed by atoms with E-state index in [9.17, 15) is 4.79 Å². The van der Waals surface area contributed by atoms with Gasteiger partial charge < -0.3 is 29.3 Å². The minimum Gasteiger partial charge on any atom is -0.490 e. The molecule has 3 aromatic rings. The highest BCUT2D eigenvalue weighted by Crippen LogP contribution is 2.34. The Morgan fingerprint density at radius 1 is 1.02 bits per heavy atom. The third-order valence-electron chi connectivity index (χ3n) is 8.82. The van der Waals surface area contributed by atoms with E-state index in [0.717, 1.165) is 93.3 Å². The van der Waals surface area contributed by atoms with Crippen LogP contribution in [0.25, 0.3) is 0 Å². The Hall–Kier alpha value is -3.39. The Balaban J connectivity index is 1.08. The lowest BCUT2D eigenvalue weighted by molar-refractivity contribution is -0.118. The standard InChI is InChI=1S/C35H43N3O4/c1-40-20-5-17-37-19-21-41-33-14-11-27(22-32(33)37)25-42-34-24-36-16-15-30(34)28-12-9-26(10-13-28)23-35(39)38-18-4-7-29-6-2-3-8-31(29)38/h2-3,6,8-14,22,30,34,36H,4-5,7,15-21,23-25H2,1H3/t30-,34+/m1/s1. The van der Waals surface area contributed by atoms with Crippen LogP contribution in [0.3, 0.4) is 0 Å². The summed E-state index contributed by atoms with van der Waals surface area (Å²) in [5, 5.41) is 3.52. The van der Waals surface area contributed by atoms with Crippen LogP contribution in [0.2, 0.25) is 0 Å². The number of hydrogen-bond acceptors (Lipinski definition) is 6. The zero-order valence-corrected chi connectivity index (χ0v) is 24.7. The first kappa shape index (κ1) is 28.7. The quantitative estimate of drug-likeness (QED) is 0.343. The number of aryl methyl sites for hydroxylation is 1. The summed E-state index contributed by atoms with van der Waals surface area (Å²) in [5.41, 5.74) is 7.00. The van der Waals surface area contributed by atoms with Crippen molar-refractivity contribution in [3.05, 3.63) is 89.0 Å². The van der Waals surface area contributed by atoms with Crippen LogP contribution in [0.4, 0.5) is 11.4 Å². The zero-order chi connectivity index (χ0) is 28.7. The van der Waals surface area contributed by atoms with Gasteiger partial charge in [-0.25, -0.2) is 0 Å². The van der Waals surface area contributed by atoms with Crippen LogP contribution in [0.15, 0.2) is 66.7 Å². The van der Waals surface area contributed by atoms with Gasteiger partial charge in [-0.2, -0.15) is 0 Å². The summed E-state index contributed by atoms with van der Waals surface area (Å²) in [6, 6.07) is 23.4. The van der Waals surface area contributed by atoms with Gasteiger partial charge in [0.05, 0.1) is 31.4 Å². The van der Waals surface area contributed by atoms with E-state index in [1.54, 1.807) is 7.11 Å². The highest BCUT2D eigenvalue weighted by molar-refractivity contribution is 5.95. The third-order valence-corrected chi connectivity index (χ3v) is 8.82. The van der Waals surface area contributed by atoms with Crippen molar-refractivity contribution in [3.63, 3.8) is 0 Å². The molecule has 0 saturated carbocycles. The maximum atomic E-state index is 13.2.